The summed E-state index contributed by atoms with van der Waals surface area (Å²) in [4.78, 5) is 12.0. The van der Waals surface area contributed by atoms with E-state index in [4.69, 9.17) is 19.5 Å². The van der Waals surface area contributed by atoms with E-state index in [1.807, 2.05) is 13.8 Å². The normalized spacial score (nSPS) is 11.4. The predicted molar refractivity (Wildman–Crippen MR) is 91.8 cm³/mol. The van der Waals surface area contributed by atoms with Gasteiger partial charge >= 0.3 is 5.97 Å². The van der Waals surface area contributed by atoms with E-state index in [2.05, 4.69) is 17.9 Å². The number of rotatable bonds is 12. The van der Waals surface area contributed by atoms with Crippen molar-refractivity contribution in [2.75, 3.05) is 25.6 Å². The van der Waals surface area contributed by atoms with Crippen LogP contribution in [0.2, 0.25) is 0 Å². The molecule has 0 radical (unpaired) electrons. The van der Waals surface area contributed by atoms with Crippen molar-refractivity contribution in [2.24, 2.45) is 0 Å². The van der Waals surface area contributed by atoms with Crippen LogP contribution in [-0.2, 0) is 19.0 Å². The first-order valence-corrected chi connectivity index (χ1v) is 9.08. The second-order valence-corrected chi connectivity index (χ2v) is 5.72. The summed E-state index contributed by atoms with van der Waals surface area (Å²) in [5.41, 5.74) is 0. The Morgan fingerprint density at radius 2 is 1.78 bits per heavy atom. The molecular weight excluding hydrogens is 314 g/mol. The molecule has 0 spiro atoms. The van der Waals surface area contributed by atoms with Crippen LogP contribution in [0.15, 0.2) is 0 Å². The van der Waals surface area contributed by atoms with Crippen molar-refractivity contribution in [3.8, 4) is 17.9 Å². The van der Waals surface area contributed by atoms with Gasteiger partial charge < -0.3 is 14.2 Å². The number of ether oxygens (including phenoxy) is 3. The number of carbonyl (C=O) groups is 1. The van der Waals surface area contributed by atoms with Crippen LogP contribution < -0.4 is 0 Å². The first-order valence-electron chi connectivity index (χ1n) is 8.03. The van der Waals surface area contributed by atoms with Gasteiger partial charge in [-0.2, -0.15) is 5.26 Å². The zero-order chi connectivity index (χ0) is 17.3. The van der Waals surface area contributed by atoms with Crippen molar-refractivity contribution in [1.82, 2.24) is 0 Å². The van der Waals surface area contributed by atoms with Gasteiger partial charge in [0.1, 0.15) is 5.25 Å². The van der Waals surface area contributed by atoms with Crippen molar-refractivity contribution in [2.45, 2.75) is 58.0 Å². The molecule has 0 saturated carbocycles. The van der Waals surface area contributed by atoms with Crippen LogP contribution in [0.5, 0.6) is 0 Å². The number of hydrogen-bond donors (Lipinski definition) is 0. The third-order valence-corrected chi connectivity index (χ3v) is 3.92. The molecule has 0 aromatic rings. The molecule has 1 atom stereocenters. The Bertz CT molecular complexity index is 405. The van der Waals surface area contributed by atoms with E-state index in [9.17, 15) is 4.79 Å². The van der Waals surface area contributed by atoms with Gasteiger partial charge in [0.2, 0.25) is 0 Å². The third kappa shape index (κ3) is 11.9. The Labute approximate surface area is 144 Å². The lowest BCUT2D eigenvalue weighted by atomic mass is 10.2. The lowest BCUT2D eigenvalue weighted by Crippen LogP contribution is -2.25. The van der Waals surface area contributed by atoms with Gasteiger partial charge in [-0.05, 0) is 27.2 Å². The van der Waals surface area contributed by atoms with Gasteiger partial charge in [-0.15, -0.1) is 23.6 Å². The van der Waals surface area contributed by atoms with Gasteiger partial charge in [-0.3, -0.25) is 4.79 Å². The third-order valence-electron chi connectivity index (χ3n) is 2.69. The van der Waals surface area contributed by atoms with Crippen LogP contribution in [0.3, 0.4) is 0 Å². The van der Waals surface area contributed by atoms with Gasteiger partial charge in [0, 0.05) is 38.2 Å². The molecule has 6 heteroatoms. The van der Waals surface area contributed by atoms with Gasteiger partial charge in [0.05, 0.1) is 12.7 Å². The summed E-state index contributed by atoms with van der Waals surface area (Å²) in [5, 5.41) is 8.12. The highest BCUT2D eigenvalue weighted by Crippen LogP contribution is 2.19. The van der Waals surface area contributed by atoms with E-state index >= 15 is 0 Å². The highest BCUT2D eigenvalue weighted by Gasteiger charge is 2.21. The zero-order valence-electron chi connectivity index (χ0n) is 14.3. The van der Waals surface area contributed by atoms with E-state index in [1.54, 1.807) is 6.92 Å². The van der Waals surface area contributed by atoms with E-state index in [0.717, 1.165) is 6.42 Å². The summed E-state index contributed by atoms with van der Waals surface area (Å²) in [6.45, 7) is 7.09. The van der Waals surface area contributed by atoms with Crippen molar-refractivity contribution in [1.29, 1.82) is 5.26 Å². The maximum absolute atomic E-state index is 12.0. The SMILES string of the molecule is CCOC(=O)C(CC#CCCCC#N)SCC(OCC)OCC. The lowest BCUT2D eigenvalue weighted by molar-refractivity contribution is -0.142. The van der Waals surface area contributed by atoms with Gasteiger partial charge in [0.25, 0.3) is 0 Å². The minimum Gasteiger partial charge on any atom is -0.465 e. The first-order chi connectivity index (χ1) is 11.2. The quantitative estimate of drug-likeness (QED) is 0.235. The fourth-order valence-electron chi connectivity index (χ4n) is 1.67. The molecular formula is C17H27NO4S. The largest absolute Gasteiger partial charge is 0.465 e. The topological polar surface area (TPSA) is 68.6 Å². The molecule has 0 fully saturated rings. The summed E-state index contributed by atoms with van der Waals surface area (Å²) < 4.78 is 16.1. The Kier molecular flexibility index (Phi) is 14.9. The van der Waals surface area contributed by atoms with Crippen molar-refractivity contribution in [3.05, 3.63) is 0 Å². The molecule has 0 bridgehead atoms. The molecule has 1 unspecified atom stereocenters. The monoisotopic (exact) mass is 341 g/mol. The molecule has 0 aliphatic heterocycles. The Hall–Kier alpha value is -1.21. The van der Waals surface area contributed by atoms with Crippen LogP contribution in [0.4, 0.5) is 0 Å². The summed E-state index contributed by atoms with van der Waals surface area (Å²) in [6, 6.07) is 2.09. The van der Waals surface area contributed by atoms with E-state index in [0.29, 0.717) is 44.8 Å². The van der Waals surface area contributed by atoms with Crippen LogP contribution in [-0.4, -0.2) is 43.1 Å². The van der Waals surface area contributed by atoms with Crippen molar-refractivity contribution >= 4 is 17.7 Å². The van der Waals surface area contributed by atoms with Crippen molar-refractivity contribution < 1.29 is 19.0 Å². The zero-order valence-corrected chi connectivity index (χ0v) is 15.1. The number of nitrogens with zero attached hydrogens (tertiary/aromatic N) is 1. The number of esters is 1. The Morgan fingerprint density at radius 1 is 1.09 bits per heavy atom. The molecule has 0 aliphatic rings. The predicted octanol–water partition coefficient (Wildman–Crippen LogP) is 3.14. The minimum atomic E-state index is -0.346. The molecule has 0 aliphatic carbocycles. The number of carbonyl (C=O) groups excluding carboxylic acids is 1. The summed E-state index contributed by atoms with van der Waals surface area (Å²) in [5.74, 6) is 6.31. The fourth-order valence-corrected chi connectivity index (χ4v) is 2.65. The number of nitriles is 1. The molecule has 5 nitrogen and oxygen atoms in total. The average Bonchev–Trinajstić information content (AvgIpc) is 2.53. The van der Waals surface area contributed by atoms with Crippen molar-refractivity contribution in [3.63, 3.8) is 0 Å². The molecule has 23 heavy (non-hydrogen) atoms. The highest BCUT2D eigenvalue weighted by molar-refractivity contribution is 8.00. The molecule has 0 heterocycles. The molecule has 0 rings (SSSR count). The van der Waals surface area contributed by atoms with Crippen LogP contribution in [0.25, 0.3) is 0 Å². The number of hydrogen-bond acceptors (Lipinski definition) is 6. The smallest absolute Gasteiger partial charge is 0.320 e. The standard InChI is InChI=1S/C17H27NO4S/c1-4-20-16(21-5-2)14-23-15(17(19)22-6-3)12-10-8-7-9-11-13-18/h15-16H,4-7,9,11-12,14H2,1-3H3. The van der Waals surface area contributed by atoms with E-state index in [1.165, 1.54) is 11.8 Å². The fraction of sp³-hybridized carbons (Fsp3) is 0.765. The minimum absolute atomic E-state index is 0.254. The van der Waals surface area contributed by atoms with Crippen LogP contribution >= 0.6 is 11.8 Å². The molecule has 0 N–H and O–H groups in total. The van der Waals surface area contributed by atoms with Gasteiger partial charge in [-0.1, -0.05) is 0 Å². The molecule has 130 valence electrons. The Morgan fingerprint density at radius 3 is 2.35 bits per heavy atom. The Balaban J connectivity index is 4.44. The summed E-state index contributed by atoms with van der Waals surface area (Å²) in [6.07, 6.45) is 2.05. The molecule has 0 saturated heterocycles. The molecule has 0 aromatic carbocycles. The van der Waals surface area contributed by atoms with Gasteiger partial charge in [0.15, 0.2) is 6.29 Å². The molecule has 0 amide bonds. The van der Waals surface area contributed by atoms with Crippen LogP contribution in [0.1, 0.15) is 46.5 Å². The number of thioether (sulfide) groups is 1. The highest BCUT2D eigenvalue weighted by atomic mass is 32.2. The summed E-state index contributed by atoms with van der Waals surface area (Å²) >= 11 is 1.45. The summed E-state index contributed by atoms with van der Waals surface area (Å²) in [7, 11) is 0. The van der Waals surface area contributed by atoms with E-state index in [-0.39, 0.29) is 17.5 Å². The lowest BCUT2D eigenvalue weighted by Gasteiger charge is -2.19. The second-order valence-electron chi connectivity index (χ2n) is 4.48. The van der Waals surface area contributed by atoms with Crippen LogP contribution in [0, 0.1) is 23.2 Å². The second kappa shape index (κ2) is 15.7. The number of unbranched alkanes of at least 4 members (excludes halogenated alkanes) is 2. The first kappa shape index (κ1) is 21.8. The molecule has 0 aromatic heterocycles. The van der Waals surface area contributed by atoms with E-state index < -0.39 is 0 Å². The van der Waals surface area contributed by atoms with Gasteiger partial charge in [-0.25, -0.2) is 0 Å². The maximum atomic E-state index is 12.0. The maximum Gasteiger partial charge on any atom is 0.320 e. The average molecular weight is 341 g/mol.